The van der Waals surface area contributed by atoms with E-state index in [1.165, 1.54) is 4.57 Å². The number of nitrogens with one attached hydrogen (secondary N) is 1. The van der Waals surface area contributed by atoms with E-state index in [0.717, 1.165) is 23.5 Å². The van der Waals surface area contributed by atoms with Crippen molar-refractivity contribution >= 4 is 11.8 Å². The normalized spacial score (nSPS) is 18.0. The van der Waals surface area contributed by atoms with Gasteiger partial charge in [-0.2, -0.15) is 11.8 Å². The molecule has 1 saturated heterocycles. The molecule has 1 aliphatic rings. The van der Waals surface area contributed by atoms with E-state index < -0.39 is 11.2 Å². The van der Waals surface area contributed by atoms with Gasteiger partial charge in [0.1, 0.15) is 5.56 Å². The monoisotopic (exact) mass is 304 g/mol. The first-order valence-corrected chi connectivity index (χ1v) is 7.96. The number of rotatable bonds is 2. The second kappa shape index (κ2) is 5.44. The summed E-state index contributed by atoms with van der Waals surface area (Å²) in [4.78, 5) is 26.4. The Morgan fingerprint density at radius 2 is 2.00 bits per heavy atom. The largest absolute Gasteiger partial charge is 0.494 e. The molecule has 0 radical (unpaired) electrons. The Labute approximate surface area is 125 Å². The summed E-state index contributed by atoms with van der Waals surface area (Å²) in [6.07, 6.45) is 0.817. The minimum atomic E-state index is -0.553. The molecule has 1 aliphatic heterocycles. The Morgan fingerprint density at radius 1 is 1.29 bits per heavy atom. The number of hydrogen-bond donors (Lipinski definition) is 2. The van der Waals surface area contributed by atoms with Crippen LogP contribution in [0.3, 0.4) is 0 Å². The Hall–Kier alpha value is -1.95. The van der Waals surface area contributed by atoms with Crippen molar-refractivity contribution in [3.63, 3.8) is 0 Å². The zero-order chi connectivity index (χ0) is 15.0. The molecule has 0 spiro atoms. The van der Waals surface area contributed by atoms with Gasteiger partial charge in [-0.15, -0.1) is 0 Å². The Morgan fingerprint density at radius 3 is 2.62 bits per heavy atom. The lowest BCUT2D eigenvalue weighted by Gasteiger charge is -2.16. The van der Waals surface area contributed by atoms with Crippen LogP contribution in [0.25, 0.3) is 11.1 Å². The molecule has 1 aromatic carbocycles. The van der Waals surface area contributed by atoms with Crippen LogP contribution in [0.4, 0.5) is 0 Å². The smallest absolute Gasteiger partial charge is 0.331 e. The lowest BCUT2D eigenvalue weighted by Crippen LogP contribution is -2.33. The number of benzene rings is 1. The molecule has 1 atom stereocenters. The van der Waals surface area contributed by atoms with E-state index in [1.807, 2.05) is 19.1 Å². The first kappa shape index (κ1) is 14.0. The number of nitrogens with zero attached hydrogens (tertiary/aromatic N) is 1. The summed E-state index contributed by atoms with van der Waals surface area (Å²) < 4.78 is 1.32. The molecule has 1 aromatic heterocycles. The predicted octanol–water partition coefficient (Wildman–Crippen LogP) is 1.90. The van der Waals surface area contributed by atoms with Gasteiger partial charge in [-0.25, -0.2) is 4.79 Å². The Balaban J connectivity index is 2.21. The minimum absolute atomic E-state index is 0.0662. The average molecular weight is 304 g/mol. The van der Waals surface area contributed by atoms with Crippen molar-refractivity contribution in [3.8, 4) is 17.0 Å². The van der Waals surface area contributed by atoms with Crippen molar-refractivity contribution in [2.75, 3.05) is 11.5 Å². The van der Waals surface area contributed by atoms with E-state index in [2.05, 4.69) is 4.98 Å². The van der Waals surface area contributed by atoms with Gasteiger partial charge in [0, 0.05) is 5.75 Å². The van der Waals surface area contributed by atoms with Crippen LogP contribution in [-0.2, 0) is 0 Å². The van der Waals surface area contributed by atoms with Crippen LogP contribution in [0.1, 0.15) is 18.0 Å². The number of thioether (sulfide) groups is 1. The maximum Gasteiger partial charge on any atom is 0.331 e. The fraction of sp³-hybridized carbons (Fsp3) is 0.333. The van der Waals surface area contributed by atoms with Gasteiger partial charge in [-0.1, -0.05) is 29.8 Å². The third-order valence-electron chi connectivity index (χ3n) is 3.73. The van der Waals surface area contributed by atoms with Gasteiger partial charge >= 0.3 is 5.69 Å². The summed E-state index contributed by atoms with van der Waals surface area (Å²) in [6.45, 7) is 1.95. The molecule has 2 aromatic rings. The van der Waals surface area contributed by atoms with E-state index in [0.29, 0.717) is 5.56 Å². The fourth-order valence-corrected chi connectivity index (χ4v) is 3.78. The van der Waals surface area contributed by atoms with Gasteiger partial charge in [0.15, 0.2) is 0 Å². The first-order valence-electron chi connectivity index (χ1n) is 6.80. The predicted molar refractivity (Wildman–Crippen MR) is 84.1 cm³/mol. The molecule has 5 nitrogen and oxygen atoms in total. The molecular formula is C15H16N2O3S. The van der Waals surface area contributed by atoms with Crippen LogP contribution in [-0.4, -0.2) is 26.2 Å². The van der Waals surface area contributed by atoms with Gasteiger partial charge in [0.05, 0.1) is 6.04 Å². The number of aromatic hydroxyl groups is 1. The van der Waals surface area contributed by atoms with Crippen molar-refractivity contribution < 1.29 is 5.11 Å². The average Bonchev–Trinajstić information content (AvgIpc) is 2.94. The summed E-state index contributed by atoms with van der Waals surface area (Å²) >= 11 is 1.74. The van der Waals surface area contributed by atoms with Gasteiger partial charge in [-0.05, 0) is 24.7 Å². The lowest BCUT2D eigenvalue weighted by molar-refractivity contribution is 0.376. The molecule has 3 rings (SSSR count). The highest BCUT2D eigenvalue weighted by molar-refractivity contribution is 7.99. The summed E-state index contributed by atoms with van der Waals surface area (Å²) in [7, 11) is 0. The molecule has 0 bridgehead atoms. The summed E-state index contributed by atoms with van der Waals surface area (Å²) in [6, 6.07) is 7.23. The topological polar surface area (TPSA) is 75.1 Å². The Kier molecular flexibility index (Phi) is 3.63. The van der Waals surface area contributed by atoms with Crippen LogP contribution < -0.4 is 11.2 Å². The highest BCUT2D eigenvalue weighted by atomic mass is 32.2. The second-order valence-corrected chi connectivity index (χ2v) is 6.36. The zero-order valence-corrected chi connectivity index (χ0v) is 12.4. The van der Waals surface area contributed by atoms with Crippen LogP contribution >= 0.6 is 11.8 Å². The minimum Gasteiger partial charge on any atom is -0.494 e. The molecule has 0 amide bonds. The highest BCUT2D eigenvalue weighted by Crippen LogP contribution is 2.32. The third-order valence-corrected chi connectivity index (χ3v) is 4.87. The molecule has 0 aliphatic carbocycles. The molecule has 2 N–H and O–H groups in total. The van der Waals surface area contributed by atoms with Crippen LogP contribution in [0.15, 0.2) is 33.9 Å². The van der Waals surface area contributed by atoms with Crippen molar-refractivity contribution in [2.24, 2.45) is 0 Å². The number of aromatic amines is 1. The van der Waals surface area contributed by atoms with Crippen LogP contribution in [0, 0.1) is 6.92 Å². The molecule has 1 fully saturated rings. The van der Waals surface area contributed by atoms with E-state index in [9.17, 15) is 14.7 Å². The van der Waals surface area contributed by atoms with Gasteiger partial charge < -0.3 is 5.11 Å². The van der Waals surface area contributed by atoms with Crippen LogP contribution in [0.2, 0.25) is 0 Å². The number of H-pyrrole nitrogens is 1. The maximum absolute atomic E-state index is 12.1. The molecule has 1 unspecified atom stereocenters. The van der Waals surface area contributed by atoms with E-state index in [-0.39, 0.29) is 17.5 Å². The summed E-state index contributed by atoms with van der Waals surface area (Å²) in [5, 5.41) is 10.5. The summed E-state index contributed by atoms with van der Waals surface area (Å²) in [5.41, 5.74) is 0.740. The van der Waals surface area contributed by atoms with E-state index in [4.69, 9.17) is 0 Å². The van der Waals surface area contributed by atoms with Gasteiger partial charge in [0.25, 0.3) is 5.56 Å². The second-order valence-electron chi connectivity index (χ2n) is 5.21. The molecule has 0 saturated carbocycles. The number of aryl methyl sites for hydroxylation is 1. The van der Waals surface area contributed by atoms with Crippen molar-refractivity contribution in [1.29, 1.82) is 0 Å². The lowest BCUT2D eigenvalue weighted by atomic mass is 10.1. The Bertz CT molecular complexity index is 771. The third kappa shape index (κ3) is 2.51. The van der Waals surface area contributed by atoms with Crippen molar-refractivity contribution in [1.82, 2.24) is 9.55 Å². The first-order chi connectivity index (χ1) is 10.1. The fourth-order valence-electron chi connectivity index (χ4n) is 2.58. The zero-order valence-electron chi connectivity index (χ0n) is 11.6. The number of aromatic nitrogens is 2. The molecular weight excluding hydrogens is 288 g/mol. The molecule has 110 valence electrons. The van der Waals surface area contributed by atoms with Crippen molar-refractivity contribution in [3.05, 3.63) is 50.7 Å². The quantitative estimate of drug-likeness (QED) is 0.888. The SMILES string of the molecule is Cc1ccc(-c2c(O)n(C3CCSC3)c(=O)[nH]c2=O)cc1. The number of hydrogen-bond acceptors (Lipinski definition) is 4. The van der Waals surface area contributed by atoms with E-state index >= 15 is 0 Å². The molecule has 21 heavy (non-hydrogen) atoms. The summed E-state index contributed by atoms with van der Waals surface area (Å²) in [5.74, 6) is 1.49. The van der Waals surface area contributed by atoms with Crippen LogP contribution in [0.5, 0.6) is 5.88 Å². The maximum atomic E-state index is 12.1. The molecule has 2 heterocycles. The van der Waals surface area contributed by atoms with Crippen molar-refractivity contribution in [2.45, 2.75) is 19.4 Å². The van der Waals surface area contributed by atoms with Gasteiger partial charge in [0.2, 0.25) is 5.88 Å². The van der Waals surface area contributed by atoms with E-state index in [1.54, 1.807) is 23.9 Å². The standard InChI is InChI=1S/C15H16N2O3S/c1-9-2-4-10(5-3-9)12-13(18)16-15(20)17(14(12)19)11-6-7-21-8-11/h2-5,11,19H,6-8H2,1H3,(H,16,18,20). The molecule has 6 heteroatoms. The highest BCUT2D eigenvalue weighted by Gasteiger charge is 2.24. The van der Waals surface area contributed by atoms with Gasteiger partial charge in [-0.3, -0.25) is 14.3 Å².